The van der Waals surface area contributed by atoms with Crippen molar-refractivity contribution in [1.82, 2.24) is 0 Å². The fourth-order valence-corrected chi connectivity index (χ4v) is 2.18. The number of benzene rings is 2. The normalized spacial score (nSPS) is 10.3. The van der Waals surface area contributed by atoms with Crippen LogP contribution in [0.15, 0.2) is 40.9 Å². The molecule has 0 aliphatic carbocycles. The van der Waals surface area contributed by atoms with Gasteiger partial charge in [-0.15, -0.1) is 0 Å². The summed E-state index contributed by atoms with van der Waals surface area (Å²) in [5, 5.41) is 12.1. The van der Waals surface area contributed by atoms with Crippen molar-refractivity contribution in [3.8, 4) is 0 Å². The molecule has 0 radical (unpaired) electrons. The van der Waals surface area contributed by atoms with E-state index in [9.17, 15) is 9.18 Å². The maximum absolute atomic E-state index is 13.0. The highest BCUT2D eigenvalue weighted by Gasteiger charge is 2.08. The Bertz CT molecular complexity index is 643. The van der Waals surface area contributed by atoms with E-state index < -0.39 is 5.97 Å². The van der Waals surface area contributed by atoms with E-state index in [1.54, 1.807) is 25.1 Å². The highest BCUT2D eigenvalue weighted by atomic mass is 79.9. The number of aryl methyl sites for hydroxylation is 1. The monoisotopic (exact) mass is 323 g/mol. The molecule has 0 unspecified atom stereocenters. The molecule has 0 fully saturated rings. The summed E-state index contributed by atoms with van der Waals surface area (Å²) < 4.78 is 13.6. The van der Waals surface area contributed by atoms with Gasteiger partial charge in [0.2, 0.25) is 0 Å². The minimum atomic E-state index is -0.952. The van der Waals surface area contributed by atoms with Crippen molar-refractivity contribution < 1.29 is 14.3 Å². The number of aromatic carboxylic acids is 1. The third-order valence-corrected chi connectivity index (χ3v) is 3.32. The maximum Gasteiger partial charge on any atom is 0.335 e. The lowest BCUT2D eigenvalue weighted by Crippen LogP contribution is -2.00. The lowest BCUT2D eigenvalue weighted by Gasteiger charge is -2.10. The van der Waals surface area contributed by atoms with E-state index in [-0.39, 0.29) is 11.4 Å². The van der Waals surface area contributed by atoms with Gasteiger partial charge in [-0.2, -0.15) is 0 Å². The Kier molecular flexibility index (Phi) is 3.85. The Labute approximate surface area is 118 Å². The first kappa shape index (κ1) is 13.5. The van der Waals surface area contributed by atoms with E-state index in [2.05, 4.69) is 21.2 Å². The van der Waals surface area contributed by atoms with Crippen LogP contribution in [0.1, 0.15) is 15.9 Å². The Hall–Kier alpha value is -1.88. The molecule has 0 spiro atoms. The standard InChI is InChI=1S/C14H11BrFNO2/c1-8-6-10(3-4-11(8)14(18)19)17-13-5-2-9(16)7-12(13)15/h2-7,17H,1H3,(H,18,19). The Morgan fingerprint density at radius 3 is 2.58 bits per heavy atom. The maximum atomic E-state index is 13.0. The zero-order chi connectivity index (χ0) is 14.0. The molecule has 0 bridgehead atoms. The van der Waals surface area contributed by atoms with Gasteiger partial charge >= 0.3 is 5.97 Å². The molecule has 2 N–H and O–H groups in total. The van der Waals surface area contributed by atoms with E-state index >= 15 is 0 Å². The Morgan fingerprint density at radius 2 is 2.00 bits per heavy atom. The number of halogens is 2. The molecule has 2 aromatic carbocycles. The molecule has 0 atom stereocenters. The number of nitrogens with one attached hydrogen (secondary N) is 1. The van der Waals surface area contributed by atoms with Gasteiger partial charge in [-0.25, -0.2) is 9.18 Å². The minimum absolute atomic E-state index is 0.267. The molecule has 0 aliphatic rings. The fourth-order valence-electron chi connectivity index (χ4n) is 1.73. The molecular formula is C14H11BrFNO2. The van der Waals surface area contributed by atoms with Gasteiger partial charge in [-0.3, -0.25) is 0 Å². The summed E-state index contributed by atoms with van der Waals surface area (Å²) >= 11 is 3.26. The molecule has 0 heterocycles. The van der Waals surface area contributed by atoms with Crippen molar-refractivity contribution >= 4 is 33.3 Å². The van der Waals surface area contributed by atoms with Gasteiger partial charge in [-0.05, 0) is 64.8 Å². The van der Waals surface area contributed by atoms with E-state index in [1.807, 2.05) is 0 Å². The van der Waals surface area contributed by atoms with Crippen LogP contribution in [-0.2, 0) is 0 Å². The highest BCUT2D eigenvalue weighted by Crippen LogP contribution is 2.27. The fraction of sp³-hybridized carbons (Fsp3) is 0.0714. The number of carboxylic acids is 1. The number of rotatable bonds is 3. The van der Waals surface area contributed by atoms with Crippen LogP contribution in [0, 0.1) is 12.7 Å². The summed E-state index contributed by atoms with van der Waals surface area (Å²) in [4.78, 5) is 10.9. The second kappa shape index (κ2) is 5.40. The van der Waals surface area contributed by atoms with Gasteiger partial charge in [0.05, 0.1) is 11.3 Å². The summed E-state index contributed by atoms with van der Waals surface area (Å²) in [7, 11) is 0. The largest absolute Gasteiger partial charge is 0.478 e. The van der Waals surface area contributed by atoms with Crippen LogP contribution in [0.3, 0.4) is 0 Å². The predicted octanol–water partition coefficient (Wildman–Crippen LogP) is 4.34. The first-order valence-electron chi connectivity index (χ1n) is 5.53. The molecule has 2 aromatic rings. The average Bonchev–Trinajstić information content (AvgIpc) is 2.32. The van der Waals surface area contributed by atoms with E-state index in [0.29, 0.717) is 15.7 Å². The van der Waals surface area contributed by atoms with Crippen LogP contribution >= 0.6 is 15.9 Å². The second-order valence-electron chi connectivity index (χ2n) is 4.08. The molecule has 0 aromatic heterocycles. The first-order valence-corrected chi connectivity index (χ1v) is 6.32. The molecule has 2 rings (SSSR count). The summed E-state index contributed by atoms with van der Waals surface area (Å²) in [6.07, 6.45) is 0. The molecule has 19 heavy (non-hydrogen) atoms. The lowest BCUT2D eigenvalue weighted by atomic mass is 10.1. The van der Waals surface area contributed by atoms with Crippen molar-refractivity contribution in [2.24, 2.45) is 0 Å². The highest BCUT2D eigenvalue weighted by molar-refractivity contribution is 9.10. The first-order chi connectivity index (χ1) is 8.97. The summed E-state index contributed by atoms with van der Waals surface area (Å²) in [5.74, 6) is -1.28. The van der Waals surface area contributed by atoms with Crippen LogP contribution in [0.2, 0.25) is 0 Å². The molecule has 0 aliphatic heterocycles. The zero-order valence-corrected chi connectivity index (χ0v) is 11.7. The van der Waals surface area contributed by atoms with Crippen molar-refractivity contribution in [3.05, 3.63) is 57.8 Å². The summed E-state index contributed by atoms with van der Waals surface area (Å²) in [6.45, 7) is 1.73. The van der Waals surface area contributed by atoms with Crippen LogP contribution in [0.4, 0.5) is 15.8 Å². The lowest BCUT2D eigenvalue weighted by molar-refractivity contribution is 0.0696. The van der Waals surface area contributed by atoms with Gasteiger partial charge in [0.15, 0.2) is 0 Å². The third kappa shape index (κ3) is 3.12. The number of anilines is 2. The minimum Gasteiger partial charge on any atom is -0.478 e. The predicted molar refractivity (Wildman–Crippen MR) is 75.5 cm³/mol. The van der Waals surface area contributed by atoms with Crippen LogP contribution in [0.5, 0.6) is 0 Å². The van der Waals surface area contributed by atoms with Crippen molar-refractivity contribution in [2.45, 2.75) is 6.92 Å². The van der Waals surface area contributed by atoms with Gasteiger partial charge in [0.1, 0.15) is 5.82 Å². The van der Waals surface area contributed by atoms with Crippen molar-refractivity contribution in [3.63, 3.8) is 0 Å². The van der Waals surface area contributed by atoms with Crippen molar-refractivity contribution in [1.29, 1.82) is 0 Å². The second-order valence-corrected chi connectivity index (χ2v) is 4.94. The van der Waals surface area contributed by atoms with E-state index in [0.717, 1.165) is 5.69 Å². The summed E-state index contributed by atoms with van der Waals surface area (Å²) in [5.41, 5.74) is 2.39. The average molecular weight is 324 g/mol. The number of carbonyl (C=O) groups is 1. The van der Waals surface area contributed by atoms with Gasteiger partial charge in [0.25, 0.3) is 0 Å². The smallest absolute Gasteiger partial charge is 0.335 e. The molecule has 5 heteroatoms. The van der Waals surface area contributed by atoms with Crippen LogP contribution in [0.25, 0.3) is 0 Å². The van der Waals surface area contributed by atoms with E-state index in [1.165, 1.54) is 18.2 Å². The Balaban J connectivity index is 2.29. The van der Waals surface area contributed by atoms with Gasteiger partial charge in [-0.1, -0.05) is 0 Å². The van der Waals surface area contributed by atoms with Crippen molar-refractivity contribution in [2.75, 3.05) is 5.32 Å². The number of hydrogen-bond donors (Lipinski definition) is 2. The molecule has 98 valence electrons. The summed E-state index contributed by atoms with van der Waals surface area (Å²) in [6, 6.07) is 9.27. The number of hydrogen-bond acceptors (Lipinski definition) is 2. The van der Waals surface area contributed by atoms with E-state index in [4.69, 9.17) is 5.11 Å². The van der Waals surface area contributed by atoms with Gasteiger partial charge in [0, 0.05) is 10.2 Å². The molecule has 0 saturated heterocycles. The molecule has 0 amide bonds. The zero-order valence-electron chi connectivity index (χ0n) is 10.1. The molecule has 0 saturated carbocycles. The number of carboxylic acid groups (broad SMARTS) is 1. The molecular weight excluding hydrogens is 313 g/mol. The molecule has 3 nitrogen and oxygen atoms in total. The topological polar surface area (TPSA) is 49.3 Å². The third-order valence-electron chi connectivity index (χ3n) is 2.67. The van der Waals surface area contributed by atoms with Gasteiger partial charge < -0.3 is 10.4 Å². The Morgan fingerprint density at radius 1 is 1.26 bits per heavy atom. The quantitative estimate of drug-likeness (QED) is 0.883. The van der Waals surface area contributed by atoms with Crippen LogP contribution in [-0.4, -0.2) is 11.1 Å². The SMILES string of the molecule is Cc1cc(Nc2ccc(F)cc2Br)ccc1C(=O)O. The van der Waals surface area contributed by atoms with Crippen LogP contribution < -0.4 is 5.32 Å².